The van der Waals surface area contributed by atoms with Crippen molar-refractivity contribution in [2.75, 3.05) is 7.11 Å². The highest BCUT2D eigenvalue weighted by Gasteiger charge is 2.31. The zero-order valence-electron chi connectivity index (χ0n) is 18.4. The molecule has 1 saturated heterocycles. The fourth-order valence-corrected chi connectivity index (χ4v) is 4.44. The number of alkyl carbamates (subject to hydrolysis) is 1. The largest absolute Gasteiger partial charge is 0.493 e. The standard InChI is InChI=1S/C25H26N2O5S/c1-30-22-14-18(8-5-9-20-24(28)32-25(29)27-20)10-12-21(22)31-15-19-16-33-23(26-19)13-11-17-6-3-2-4-7-17/h2-4,6-7,10,12,14,16,20H,5,8-9,11,13,15H2,1H3,(H,27,29). The molecule has 1 unspecified atom stereocenters. The molecule has 8 heteroatoms. The van der Waals surface area contributed by atoms with Crippen LogP contribution in [0.3, 0.4) is 0 Å². The van der Waals surface area contributed by atoms with Crippen molar-refractivity contribution in [3.8, 4) is 11.5 Å². The number of nitrogens with one attached hydrogen (secondary N) is 1. The van der Waals surface area contributed by atoms with E-state index in [-0.39, 0.29) is 0 Å². The highest BCUT2D eigenvalue weighted by Crippen LogP contribution is 2.30. The molecule has 0 aliphatic carbocycles. The normalized spacial score (nSPS) is 15.2. The van der Waals surface area contributed by atoms with E-state index in [4.69, 9.17) is 9.47 Å². The quantitative estimate of drug-likeness (QED) is 0.331. The number of nitrogens with zero attached hydrogens (tertiary/aromatic N) is 1. The van der Waals surface area contributed by atoms with Crippen LogP contribution in [0.25, 0.3) is 0 Å². The third kappa shape index (κ3) is 6.32. The van der Waals surface area contributed by atoms with E-state index in [1.165, 1.54) is 5.56 Å². The molecule has 0 spiro atoms. The van der Waals surface area contributed by atoms with E-state index >= 15 is 0 Å². The van der Waals surface area contributed by atoms with Crippen molar-refractivity contribution in [3.05, 3.63) is 75.7 Å². The number of cyclic esters (lactones) is 2. The topological polar surface area (TPSA) is 86.8 Å². The Hall–Kier alpha value is -3.39. The number of benzene rings is 2. The summed E-state index contributed by atoms with van der Waals surface area (Å²) in [7, 11) is 1.61. The minimum Gasteiger partial charge on any atom is -0.493 e. The smallest absolute Gasteiger partial charge is 0.415 e. The molecule has 1 N–H and O–H groups in total. The zero-order chi connectivity index (χ0) is 23.0. The van der Waals surface area contributed by atoms with Gasteiger partial charge in [0.15, 0.2) is 11.5 Å². The van der Waals surface area contributed by atoms with Gasteiger partial charge < -0.3 is 19.5 Å². The Balaban J connectivity index is 1.26. The molecule has 1 aliphatic heterocycles. The SMILES string of the molecule is COc1cc(CCCC2NC(=O)OC2=O)ccc1OCc1csc(CCc2ccccc2)n1. The third-order valence-corrected chi connectivity index (χ3v) is 6.36. The van der Waals surface area contributed by atoms with Crippen LogP contribution in [-0.2, 0) is 35.4 Å². The Morgan fingerprint density at radius 3 is 2.64 bits per heavy atom. The van der Waals surface area contributed by atoms with Crippen molar-refractivity contribution in [1.29, 1.82) is 0 Å². The van der Waals surface area contributed by atoms with Gasteiger partial charge in [-0.05, 0) is 48.9 Å². The van der Waals surface area contributed by atoms with Crippen molar-refractivity contribution in [3.63, 3.8) is 0 Å². The van der Waals surface area contributed by atoms with Gasteiger partial charge in [0.2, 0.25) is 0 Å². The number of rotatable bonds is 11. The molecular formula is C25H26N2O5S. The molecule has 1 amide bonds. The minimum atomic E-state index is -0.670. The molecule has 33 heavy (non-hydrogen) atoms. The number of carbonyl (C=O) groups is 2. The van der Waals surface area contributed by atoms with Gasteiger partial charge >= 0.3 is 12.1 Å². The summed E-state index contributed by atoms with van der Waals surface area (Å²) in [5.74, 6) is 0.805. The minimum absolute atomic E-state index is 0.376. The summed E-state index contributed by atoms with van der Waals surface area (Å²) >= 11 is 1.65. The van der Waals surface area contributed by atoms with Gasteiger partial charge in [-0.2, -0.15) is 0 Å². The summed E-state index contributed by atoms with van der Waals surface area (Å²) in [5.41, 5.74) is 3.27. The van der Waals surface area contributed by atoms with E-state index in [9.17, 15) is 9.59 Å². The highest BCUT2D eigenvalue weighted by molar-refractivity contribution is 7.09. The van der Waals surface area contributed by atoms with Crippen LogP contribution in [0.5, 0.6) is 11.5 Å². The summed E-state index contributed by atoms with van der Waals surface area (Å²) in [6, 6.07) is 15.7. The first-order valence-corrected chi connectivity index (χ1v) is 11.8. The van der Waals surface area contributed by atoms with Crippen LogP contribution in [0, 0.1) is 0 Å². The maximum absolute atomic E-state index is 11.5. The Morgan fingerprint density at radius 1 is 1.03 bits per heavy atom. The summed E-state index contributed by atoms with van der Waals surface area (Å²) in [4.78, 5) is 27.3. The number of amides is 1. The molecule has 1 aliphatic rings. The number of carbonyl (C=O) groups excluding carboxylic acids is 2. The van der Waals surface area contributed by atoms with Crippen molar-refractivity contribution in [2.24, 2.45) is 0 Å². The number of hydrogen-bond acceptors (Lipinski definition) is 7. The molecule has 1 fully saturated rings. The Bertz CT molecular complexity index is 1100. The van der Waals surface area contributed by atoms with E-state index in [0.29, 0.717) is 24.5 Å². The van der Waals surface area contributed by atoms with Crippen LogP contribution in [-0.4, -0.2) is 30.2 Å². The average molecular weight is 467 g/mol. The highest BCUT2D eigenvalue weighted by atomic mass is 32.1. The van der Waals surface area contributed by atoms with Crippen molar-refractivity contribution >= 4 is 23.4 Å². The first-order valence-electron chi connectivity index (χ1n) is 10.9. The molecule has 2 heterocycles. The van der Waals surface area contributed by atoms with Crippen LogP contribution < -0.4 is 14.8 Å². The third-order valence-electron chi connectivity index (χ3n) is 5.40. The predicted molar refractivity (Wildman–Crippen MR) is 125 cm³/mol. The van der Waals surface area contributed by atoms with Gasteiger partial charge in [-0.15, -0.1) is 11.3 Å². The molecular weight excluding hydrogens is 440 g/mol. The fraction of sp³-hybridized carbons (Fsp3) is 0.320. The van der Waals surface area contributed by atoms with E-state index in [0.717, 1.165) is 41.9 Å². The van der Waals surface area contributed by atoms with Crippen LogP contribution in [0.1, 0.15) is 34.7 Å². The van der Waals surface area contributed by atoms with Crippen molar-refractivity contribution < 1.29 is 23.8 Å². The Labute approximate surface area is 196 Å². The number of ether oxygens (including phenoxy) is 3. The van der Waals surface area contributed by atoms with Crippen LogP contribution in [0.2, 0.25) is 0 Å². The predicted octanol–water partition coefficient (Wildman–Crippen LogP) is 4.47. The summed E-state index contributed by atoms with van der Waals surface area (Å²) in [6.07, 6.45) is 3.22. The Morgan fingerprint density at radius 2 is 1.88 bits per heavy atom. The van der Waals surface area contributed by atoms with Gasteiger partial charge in [-0.3, -0.25) is 0 Å². The maximum Gasteiger partial charge on any atom is 0.415 e. The molecule has 7 nitrogen and oxygen atoms in total. The number of methoxy groups -OCH3 is 1. The second kappa shape index (κ2) is 11.0. The van der Waals surface area contributed by atoms with Gasteiger partial charge in [0.1, 0.15) is 12.6 Å². The number of thiazole rings is 1. The maximum atomic E-state index is 11.5. The molecule has 3 aromatic rings. The second-order valence-corrected chi connectivity index (χ2v) is 8.73. The molecule has 2 aromatic carbocycles. The van der Waals surface area contributed by atoms with Crippen molar-refractivity contribution in [1.82, 2.24) is 10.3 Å². The molecule has 4 rings (SSSR count). The number of aryl methyl sites for hydroxylation is 3. The molecule has 0 bridgehead atoms. The molecule has 172 valence electrons. The van der Waals surface area contributed by atoms with E-state index in [2.05, 4.69) is 39.3 Å². The molecule has 0 radical (unpaired) electrons. The van der Waals surface area contributed by atoms with Gasteiger partial charge in [0.25, 0.3) is 0 Å². The van der Waals surface area contributed by atoms with E-state index < -0.39 is 18.1 Å². The summed E-state index contributed by atoms with van der Waals surface area (Å²) < 4.78 is 16.0. The summed E-state index contributed by atoms with van der Waals surface area (Å²) in [6.45, 7) is 0.376. The monoisotopic (exact) mass is 466 g/mol. The number of aromatic nitrogens is 1. The number of esters is 1. The lowest BCUT2D eigenvalue weighted by Gasteiger charge is -2.12. The van der Waals surface area contributed by atoms with Crippen LogP contribution >= 0.6 is 11.3 Å². The lowest BCUT2D eigenvalue weighted by atomic mass is 10.0. The van der Waals surface area contributed by atoms with Crippen LogP contribution in [0.15, 0.2) is 53.9 Å². The first kappa shape index (κ1) is 22.8. The Kier molecular flexibility index (Phi) is 7.57. The lowest BCUT2D eigenvalue weighted by Crippen LogP contribution is -2.28. The van der Waals surface area contributed by atoms with Gasteiger partial charge in [0.05, 0.1) is 17.8 Å². The summed E-state index contributed by atoms with van der Waals surface area (Å²) in [5, 5.41) is 5.65. The van der Waals surface area contributed by atoms with E-state index in [1.54, 1.807) is 18.4 Å². The molecule has 1 atom stereocenters. The first-order chi connectivity index (χ1) is 16.1. The fourth-order valence-electron chi connectivity index (χ4n) is 3.66. The molecule has 0 saturated carbocycles. The van der Waals surface area contributed by atoms with Crippen LogP contribution in [0.4, 0.5) is 4.79 Å². The number of hydrogen-bond donors (Lipinski definition) is 1. The average Bonchev–Trinajstić information content (AvgIpc) is 3.42. The lowest BCUT2D eigenvalue weighted by molar-refractivity contribution is -0.135. The van der Waals surface area contributed by atoms with Gasteiger partial charge in [0, 0.05) is 11.8 Å². The van der Waals surface area contributed by atoms with Crippen molar-refractivity contribution in [2.45, 2.75) is 44.8 Å². The van der Waals surface area contributed by atoms with Gasteiger partial charge in [-0.25, -0.2) is 14.6 Å². The van der Waals surface area contributed by atoms with Gasteiger partial charge in [-0.1, -0.05) is 36.4 Å². The molecule has 1 aromatic heterocycles. The second-order valence-electron chi connectivity index (χ2n) is 7.79. The zero-order valence-corrected chi connectivity index (χ0v) is 19.2. The van der Waals surface area contributed by atoms with E-state index in [1.807, 2.05) is 29.6 Å².